The number of aryl methyl sites for hydroxylation is 1. The molecule has 1 heterocycles. The molecular weight excluding hydrogens is 234 g/mol. The highest BCUT2D eigenvalue weighted by Crippen LogP contribution is 2.25. The molecule has 0 spiro atoms. The standard InChI is InChI=1S/C12H21N3OS/c1-9-12(16)11(6-13)10(7-14-9)8-17-5-4-15(2)3/h7,16H,4-6,8,13H2,1-3H3. The highest BCUT2D eigenvalue weighted by atomic mass is 32.2. The zero-order valence-corrected chi connectivity index (χ0v) is 11.5. The highest BCUT2D eigenvalue weighted by molar-refractivity contribution is 7.98. The molecular formula is C12H21N3OS. The summed E-state index contributed by atoms with van der Waals surface area (Å²) in [7, 11) is 4.12. The monoisotopic (exact) mass is 255 g/mol. The Morgan fingerprint density at radius 2 is 2.18 bits per heavy atom. The minimum Gasteiger partial charge on any atom is -0.506 e. The van der Waals surface area contributed by atoms with Gasteiger partial charge in [-0.05, 0) is 26.6 Å². The molecule has 0 aliphatic carbocycles. The third-order valence-electron chi connectivity index (χ3n) is 2.57. The molecule has 1 aromatic rings. The molecule has 96 valence electrons. The van der Waals surface area contributed by atoms with Crippen molar-refractivity contribution in [1.82, 2.24) is 9.88 Å². The average Bonchev–Trinajstić information content (AvgIpc) is 2.29. The summed E-state index contributed by atoms with van der Waals surface area (Å²) in [6, 6.07) is 0. The van der Waals surface area contributed by atoms with Gasteiger partial charge in [0, 0.05) is 36.4 Å². The molecule has 5 heteroatoms. The Bertz CT molecular complexity index is 369. The van der Waals surface area contributed by atoms with Gasteiger partial charge >= 0.3 is 0 Å². The van der Waals surface area contributed by atoms with E-state index in [-0.39, 0.29) is 5.75 Å². The van der Waals surface area contributed by atoms with Crippen LogP contribution in [-0.2, 0) is 12.3 Å². The fraction of sp³-hybridized carbons (Fsp3) is 0.583. The van der Waals surface area contributed by atoms with Crippen molar-refractivity contribution in [2.45, 2.75) is 19.2 Å². The molecule has 3 N–H and O–H groups in total. The van der Waals surface area contributed by atoms with Crippen molar-refractivity contribution in [1.29, 1.82) is 0 Å². The smallest absolute Gasteiger partial charge is 0.141 e. The van der Waals surface area contributed by atoms with Crippen molar-refractivity contribution in [2.75, 3.05) is 26.4 Å². The second-order valence-electron chi connectivity index (χ2n) is 4.26. The summed E-state index contributed by atoms with van der Waals surface area (Å²) in [5.41, 5.74) is 8.18. The molecule has 0 saturated carbocycles. The second kappa shape index (κ2) is 6.83. The first-order chi connectivity index (χ1) is 8.06. The Balaban J connectivity index is 2.62. The van der Waals surface area contributed by atoms with E-state index in [0.29, 0.717) is 12.2 Å². The van der Waals surface area contributed by atoms with Gasteiger partial charge in [0.15, 0.2) is 0 Å². The minimum absolute atomic E-state index is 0.248. The fourth-order valence-corrected chi connectivity index (χ4v) is 2.57. The number of nitrogens with two attached hydrogens (primary N) is 1. The van der Waals surface area contributed by atoms with E-state index in [9.17, 15) is 5.11 Å². The van der Waals surface area contributed by atoms with E-state index < -0.39 is 0 Å². The van der Waals surface area contributed by atoms with Crippen LogP contribution in [0.15, 0.2) is 6.20 Å². The summed E-state index contributed by atoms with van der Waals surface area (Å²) in [5, 5.41) is 9.86. The lowest BCUT2D eigenvalue weighted by molar-refractivity contribution is 0.437. The largest absolute Gasteiger partial charge is 0.506 e. The lowest BCUT2D eigenvalue weighted by atomic mass is 10.1. The molecule has 0 aliphatic rings. The third kappa shape index (κ3) is 4.18. The molecule has 0 amide bonds. The summed E-state index contributed by atoms with van der Waals surface area (Å²) in [4.78, 5) is 6.33. The molecule has 17 heavy (non-hydrogen) atoms. The van der Waals surface area contributed by atoms with Gasteiger partial charge in [-0.25, -0.2) is 0 Å². The van der Waals surface area contributed by atoms with Crippen LogP contribution in [0.4, 0.5) is 0 Å². The Kier molecular flexibility index (Phi) is 5.74. The molecule has 0 unspecified atom stereocenters. The fourth-order valence-electron chi connectivity index (χ4n) is 1.47. The molecule has 1 rings (SSSR count). The Morgan fingerprint density at radius 1 is 1.47 bits per heavy atom. The molecule has 0 aliphatic heterocycles. The maximum atomic E-state index is 9.86. The van der Waals surface area contributed by atoms with Gasteiger partial charge in [0.2, 0.25) is 0 Å². The molecule has 4 nitrogen and oxygen atoms in total. The highest BCUT2D eigenvalue weighted by Gasteiger charge is 2.10. The zero-order chi connectivity index (χ0) is 12.8. The minimum atomic E-state index is 0.248. The van der Waals surface area contributed by atoms with Crippen LogP contribution in [0.2, 0.25) is 0 Å². The van der Waals surface area contributed by atoms with E-state index in [1.54, 1.807) is 6.92 Å². The Labute approximate surface area is 107 Å². The van der Waals surface area contributed by atoms with Gasteiger partial charge in [0.05, 0.1) is 5.69 Å². The van der Waals surface area contributed by atoms with Crippen molar-refractivity contribution in [3.63, 3.8) is 0 Å². The van der Waals surface area contributed by atoms with Crippen LogP contribution < -0.4 is 5.73 Å². The van der Waals surface area contributed by atoms with E-state index in [1.807, 2.05) is 18.0 Å². The number of aromatic hydroxyl groups is 1. The predicted molar refractivity (Wildman–Crippen MR) is 73.2 cm³/mol. The predicted octanol–water partition coefficient (Wildman–Crippen LogP) is 1.35. The van der Waals surface area contributed by atoms with Crippen molar-refractivity contribution >= 4 is 11.8 Å². The normalized spacial score (nSPS) is 11.1. The first-order valence-electron chi connectivity index (χ1n) is 5.65. The van der Waals surface area contributed by atoms with Crippen LogP contribution in [0.5, 0.6) is 5.75 Å². The maximum absolute atomic E-state index is 9.86. The molecule has 1 aromatic heterocycles. The number of rotatable bonds is 6. The van der Waals surface area contributed by atoms with Crippen molar-refractivity contribution < 1.29 is 5.11 Å². The van der Waals surface area contributed by atoms with E-state index in [4.69, 9.17) is 5.73 Å². The van der Waals surface area contributed by atoms with Gasteiger partial charge in [0.25, 0.3) is 0 Å². The van der Waals surface area contributed by atoms with E-state index in [2.05, 4.69) is 24.0 Å². The molecule has 0 aromatic carbocycles. The van der Waals surface area contributed by atoms with E-state index in [1.165, 1.54) is 0 Å². The summed E-state index contributed by atoms with van der Waals surface area (Å²) in [6.45, 7) is 3.20. The van der Waals surface area contributed by atoms with Gasteiger partial charge in [-0.15, -0.1) is 0 Å². The molecule has 0 radical (unpaired) electrons. The topological polar surface area (TPSA) is 62.4 Å². The van der Waals surface area contributed by atoms with Gasteiger partial charge in [-0.1, -0.05) is 0 Å². The molecule has 0 atom stereocenters. The SMILES string of the molecule is Cc1ncc(CSCCN(C)C)c(CN)c1O. The van der Waals surface area contributed by atoms with Gasteiger partial charge in [0.1, 0.15) is 5.75 Å². The molecule has 0 fully saturated rings. The summed E-state index contributed by atoms with van der Waals surface area (Å²) >= 11 is 1.83. The Morgan fingerprint density at radius 3 is 2.76 bits per heavy atom. The number of hydrogen-bond donors (Lipinski definition) is 2. The van der Waals surface area contributed by atoms with Gasteiger partial charge in [-0.3, -0.25) is 4.98 Å². The van der Waals surface area contributed by atoms with Crippen LogP contribution >= 0.6 is 11.8 Å². The number of thioether (sulfide) groups is 1. The van der Waals surface area contributed by atoms with Crippen molar-refractivity contribution in [3.8, 4) is 5.75 Å². The summed E-state index contributed by atoms with van der Waals surface area (Å²) < 4.78 is 0. The number of pyridine rings is 1. The summed E-state index contributed by atoms with van der Waals surface area (Å²) in [5.74, 6) is 2.16. The molecule has 0 saturated heterocycles. The lowest BCUT2D eigenvalue weighted by Gasteiger charge is -2.12. The number of hydrogen-bond acceptors (Lipinski definition) is 5. The maximum Gasteiger partial charge on any atom is 0.141 e. The quantitative estimate of drug-likeness (QED) is 0.751. The lowest BCUT2D eigenvalue weighted by Crippen LogP contribution is -2.15. The van der Waals surface area contributed by atoms with Gasteiger partial charge in [-0.2, -0.15) is 11.8 Å². The van der Waals surface area contributed by atoms with E-state index in [0.717, 1.165) is 29.2 Å². The van der Waals surface area contributed by atoms with Crippen molar-refractivity contribution in [2.24, 2.45) is 5.73 Å². The Hall–Kier alpha value is -0.780. The van der Waals surface area contributed by atoms with Crippen molar-refractivity contribution in [3.05, 3.63) is 23.0 Å². The second-order valence-corrected chi connectivity index (χ2v) is 5.36. The molecule has 0 bridgehead atoms. The number of aromatic nitrogens is 1. The third-order valence-corrected chi connectivity index (χ3v) is 3.56. The summed E-state index contributed by atoms with van der Waals surface area (Å²) in [6.07, 6.45) is 1.82. The average molecular weight is 255 g/mol. The van der Waals surface area contributed by atoms with Crippen LogP contribution in [-0.4, -0.2) is 41.4 Å². The number of nitrogens with zero attached hydrogens (tertiary/aromatic N) is 2. The van der Waals surface area contributed by atoms with E-state index >= 15 is 0 Å². The first-order valence-corrected chi connectivity index (χ1v) is 6.80. The van der Waals surface area contributed by atoms with Crippen LogP contribution in [0, 0.1) is 6.92 Å². The van der Waals surface area contributed by atoms with Crippen LogP contribution in [0.3, 0.4) is 0 Å². The van der Waals surface area contributed by atoms with Crippen LogP contribution in [0.25, 0.3) is 0 Å². The van der Waals surface area contributed by atoms with Gasteiger partial charge < -0.3 is 15.7 Å². The van der Waals surface area contributed by atoms with Crippen LogP contribution in [0.1, 0.15) is 16.8 Å². The zero-order valence-electron chi connectivity index (χ0n) is 10.7. The first kappa shape index (κ1) is 14.3.